The van der Waals surface area contributed by atoms with Crippen molar-refractivity contribution < 1.29 is 9.53 Å². The van der Waals surface area contributed by atoms with Crippen LogP contribution in [0.3, 0.4) is 0 Å². The van der Waals surface area contributed by atoms with E-state index in [1.54, 1.807) is 7.11 Å². The number of hydrogen-bond acceptors (Lipinski definition) is 4. The summed E-state index contributed by atoms with van der Waals surface area (Å²) < 4.78 is 5.23. The smallest absolute Gasteiger partial charge is 0.274 e. The minimum absolute atomic E-state index is 0.0390. The van der Waals surface area contributed by atoms with Crippen LogP contribution in [-0.4, -0.2) is 24.1 Å². The van der Waals surface area contributed by atoms with Crippen molar-refractivity contribution in [2.45, 2.75) is 30.7 Å². The van der Waals surface area contributed by atoms with Gasteiger partial charge in [-0.15, -0.1) is 0 Å². The average Bonchev–Trinajstić information content (AvgIpc) is 2.43. The molecule has 3 rings (SSSR count). The SMILES string of the molecule is COc1cc2c(cc1Cl)CC1=C(S2)C(=O)N(N)C(C)C1. The molecule has 1 unspecified atom stereocenters. The third-order valence-corrected chi connectivity index (χ3v) is 5.28. The first-order chi connectivity index (χ1) is 9.51. The molecule has 106 valence electrons. The van der Waals surface area contributed by atoms with Crippen molar-refractivity contribution in [1.82, 2.24) is 5.01 Å². The van der Waals surface area contributed by atoms with Gasteiger partial charge in [0.15, 0.2) is 0 Å². The van der Waals surface area contributed by atoms with Crippen molar-refractivity contribution >= 4 is 29.3 Å². The lowest BCUT2D eigenvalue weighted by Gasteiger charge is -2.34. The van der Waals surface area contributed by atoms with E-state index in [2.05, 4.69) is 0 Å². The lowest BCUT2D eigenvalue weighted by molar-refractivity contribution is -0.129. The van der Waals surface area contributed by atoms with Crippen molar-refractivity contribution in [2.24, 2.45) is 5.84 Å². The number of benzene rings is 1. The van der Waals surface area contributed by atoms with Gasteiger partial charge in [-0.3, -0.25) is 9.80 Å². The second-order valence-electron chi connectivity index (χ2n) is 5.07. The molecule has 1 aromatic rings. The molecule has 2 N–H and O–H groups in total. The number of nitrogens with two attached hydrogens (primary N) is 1. The predicted octanol–water partition coefficient (Wildman–Crippen LogP) is 2.75. The van der Waals surface area contributed by atoms with E-state index in [0.29, 0.717) is 10.8 Å². The zero-order valence-corrected chi connectivity index (χ0v) is 12.8. The summed E-state index contributed by atoms with van der Waals surface area (Å²) in [4.78, 5) is 14.0. The molecule has 0 aliphatic carbocycles. The summed E-state index contributed by atoms with van der Waals surface area (Å²) in [5.74, 6) is 6.35. The number of carbonyl (C=O) groups excluding carboxylic acids is 1. The van der Waals surface area contributed by atoms with E-state index in [1.165, 1.54) is 16.8 Å². The molecule has 0 bridgehead atoms. The Morgan fingerprint density at radius 2 is 2.25 bits per heavy atom. The van der Waals surface area contributed by atoms with Crippen molar-refractivity contribution in [1.29, 1.82) is 0 Å². The first kappa shape index (κ1) is 13.8. The van der Waals surface area contributed by atoms with E-state index in [1.807, 2.05) is 19.1 Å². The Morgan fingerprint density at radius 3 is 2.95 bits per heavy atom. The van der Waals surface area contributed by atoms with E-state index in [9.17, 15) is 4.79 Å². The van der Waals surface area contributed by atoms with Gasteiger partial charge in [-0.25, -0.2) is 5.84 Å². The number of hydrogen-bond donors (Lipinski definition) is 1. The minimum Gasteiger partial charge on any atom is -0.495 e. The van der Waals surface area contributed by atoms with E-state index < -0.39 is 0 Å². The number of rotatable bonds is 1. The predicted molar refractivity (Wildman–Crippen MR) is 79.7 cm³/mol. The maximum absolute atomic E-state index is 12.3. The molecule has 4 nitrogen and oxygen atoms in total. The maximum atomic E-state index is 12.3. The third-order valence-electron chi connectivity index (χ3n) is 3.72. The third kappa shape index (κ3) is 2.10. The summed E-state index contributed by atoms with van der Waals surface area (Å²) in [6.07, 6.45) is 1.57. The zero-order chi connectivity index (χ0) is 14.4. The number of methoxy groups -OCH3 is 1. The number of amides is 1. The molecule has 0 saturated carbocycles. The standard InChI is InChI=1S/C14H15ClN2O2S/c1-7-3-9-4-8-5-10(15)11(19-2)6-12(8)20-13(9)14(18)17(7)16/h5-7H,3-4,16H2,1-2H3. The molecular weight excluding hydrogens is 296 g/mol. The normalized spacial score (nSPS) is 21.7. The zero-order valence-electron chi connectivity index (χ0n) is 11.3. The molecule has 0 spiro atoms. The van der Waals surface area contributed by atoms with Crippen LogP contribution in [0.2, 0.25) is 5.02 Å². The Kier molecular flexibility index (Phi) is 3.44. The molecule has 6 heteroatoms. The lowest BCUT2D eigenvalue weighted by atomic mass is 9.95. The fraction of sp³-hybridized carbons (Fsp3) is 0.357. The summed E-state index contributed by atoms with van der Waals surface area (Å²) in [6, 6.07) is 3.85. The first-order valence-corrected chi connectivity index (χ1v) is 7.55. The van der Waals surface area contributed by atoms with Crippen LogP contribution in [0.1, 0.15) is 18.9 Å². The fourth-order valence-electron chi connectivity index (χ4n) is 2.59. The van der Waals surface area contributed by atoms with Crippen LogP contribution in [0.15, 0.2) is 27.5 Å². The van der Waals surface area contributed by atoms with Gasteiger partial charge in [0.05, 0.1) is 17.0 Å². The average molecular weight is 311 g/mol. The highest BCUT2D eigenvalue weighted by molar-refractivity contribution is 8.04. The number of hydrazine groups is 1. The number of halogens is 1. The molecule has 1 aromatic carbocycles. The van der Waals surface area contributed by atoms with Crippen molar-refractivity contribution in [3.63, 3.8) is 0 Å². The molecule has 20 heavy (non-hydrogen) atoms. The summed E-state index contributed by atoms with van der Waals surface area (Å²) in [7, 11) is 1.58. The number of ether oxygens (including phenoxy) is 1. The quantitative estimate of drug-likeness (QED) is 0.640. The fourth-order valence-corrected chi connectivity index (χ4v) is 3.99. The molecule has 1 atom stereocenters. The monoisotopic (exact) mass is 310 g/mol. The van der Waals surface area contributed by atoms with Crippen LogP contribution in [0.5, 0.6) is 5.75 Å². The Balaban J connectivity index is 2.02. The summed E-state index contributed by atoms with van der Waals surface area (Å²) >= 11 is 7.63. The van der Waals surface area contributed by atoms with Crippen molar-refractivity contribution in [3.05, 3.63) is 33.2 Å². The van der Waals surface area contributed by atoms with Crippen LogP contribution in [-0.2, 0) is 11.2 Å². The summed E-state index contributed by atoms with van der Waals surface area (Å²) in [5.41, 5.74) is 2.30. The Labute approximate surface area is 126 Å². The number of fused-ring (bicyclic) bond motifs is 1. The summed E-state index contributed by atoms with van der Waals surface area (Å²) in [6.45, 7) is 1.96. The Morgan fingerprint density at radius 1 is 1.50 bits per heavy atom. The molecule has 0 radical (unpaired) electrons. The first-order valence-electron chi connectivity index (χ1n) is 6.35. The number of nitrogens with zero attached hydrogens (tertiary/aromatic N) is 1. The summed E-state index contributed by atoms with van der Waals surface area (Å²) in [5, 5.41) is 1.93. The highest BCUT2D eigenvalue weighted by Gasteiger charge is 2.34. The van der Waals surface area contributed by atoms with E-state index in [-0.39, 0.29) is 11.9 Å². The highest BCUT2D eigenvalue weighted by atomic mass is 35.5. The van der Waals surface area contributed by atoms with Gasteiger partial charge in [-0.2, -0.15) is 0 Å². The topological polar surface area (TPSA) is 55.6 Å². The maximum Gasteiger partial charge on any atom is 0.274 e. The van der Waals surface area contributed by atoms with Crippen LogP contribution in [0, 0.1) is 0 Å². The van der Waals surface area contributed by atoms with Crippen molar-refractivity contribution in [2.75, 3.05) is 7.11 Å². The minimum atomic E-state index is -0.0942. The van der Waals surface area contributed by atoms with Gasteiger partial charge in [0.1, 0.15) is 5.75 Å². The molecule has 0 fully saturated rings. The van der Waals surface area contributed by atoms with Gasteiger partial charge >= 0.3 is 0 Å². The van der Waals surface area contributed by atoms with E-state index in [4.69, 9.17) is 22.2 Å². The van der Waals surface area contributed by atoms with Crippen molar-refractivity contribution in [3.8, 4) is 5.75 Å². The van der Waals surface area contributed by atoms with Crippen LogP contribution in [0.25, 0.3) is 0 Å². The second kappa shape index (κ2) is 4.98. The van der Waals surface area contributed by atoms with Crippen LogP contribution < -0.4 is 10.6 Å². The number of carbonyl (C=O) groups is 1. The molecule has 2 heterocycles. The largest absolute Gasteiger partial charge is 0.495 e. The van der Waals surface area contributed by atoms with Gasteiger partial charge in [-0.1, -0.05) is 23.4 Å². The van der Waals surface area contributed by atoms with Gasteiger partial charge in [0.2, 0.25) is 0 Å². The molecule has 0 saturated heterocycles. The van der Waals surface area contributed by atoms with Gasteiger partial charge in [0, 0.05) is 10.9 Å². The molecule has 2 aliphatic heterocycles. The second-order valence-corrected chi connectivity index (χ2v) is 6.53. The van der Waals surface area contributed by atoms with E-state index >= 15 is 0 Å². The van der Waals surface area contributed by atoms with Gasteiger partial charge < -0.3 is 4.74 Å². The Hall–Kier alpha value is -1.17. The van der Waals surface area contributed by atoms with E-state index in [0.717, 1.165) is 33.8 Å². The molecular formula is C14H15ClN2O2S. The van der Waals surface area contributed by atoms with Crippen LogP contribution in [0.4, 0.5) is 0 Å². The molecule has 2 aliphatic rings. The number of thioether (sulfide) groups is 1. The molecule has 0 aromatic heterocycles. The van der Waals surface area contributed by atoms with Gasteiger partial charge in [-0.05, 0) is 43.0 Å². The molecule has 1 amide bonds. The Bertz CT molecular complexity index is 630. The highest BCUT2D eigenvalue weighted by Crippen LogP contribution is 2.45. The van der Waals surface area contributed by atoms with Crippen LogP contribution >= 0.6 is 23.4 Å². The lowest BCUT2D eigenvalue weighted by Crippen LogP contribution is -2.48. The van der Waals surface area contributed by atoms with Gasteiger partial charge in [0.25, 0.3) is 5.91 Å².